The summed E-state index contributed by atoms with van der Waals surface area (Å²) in [4.78, 5) is 4.24. The zero-order chi connectivity index (χ0) is 14.9. The van der Waals surface area contributed by atoms with Gasteiger partial charge in [-0.1, -0.05) is 18.2 Å². The fraction of sp³-hybridized carbons (Fsp3) is 0.357. The van der Waals surface area contributed by atoms with Crippen LogP contribution in [0, 0.1) is 6.92 Å². The Morgan fingerprint density at radius 1 is 1.20 bits per heavy atom. The van der Waals surface area contributed by atoms with Gasteiger partial charge in [-0.25, -0.2) is 4.98 Å². The molecular weight excluding hydrogens is 269 g/mol. The molecule has 2 aromatic rings. The van der Waals surface area contributed by atoms with E-state index in [1.807, 2.05) is 0 Å². The Labute approximate surface area is 114 Å². The molecule has 1 aromatic carbocycles. The lowest BCUT2D eigenvalue weighted by Crippen LogP contribution is -2.47. The summed E-state index contributed by atoms with van der Waals surface area (Å²) >= 11 is 0. The SMILES string of the molecule is Cc1ccc2cccc(OC(C(C)N)C(F)(F)F)c2n1. The third-order valence-electron chi connectivity index (χ3n) is 2.88. The number of nitrogens with two attached hydrogens (primary N) is 1. The van der Waals surface area contributed by atoms with Crippen LogP contribution in [0.25, 0.3) is 10.9 Å². The first-order chi connectivity index (χ1) is 9.29. The van der Waals surface area contributed by atoms with Gasteiger partial charge >= 0.3 is 6.18 Å². The highest BCUT2D eigenvalue weighted by atomic mass is 19.4. The van der Waals surface area contributed by atoms with Gasteiger partial charge in [0.25, 0.3) is 0 Å². The second kappa shape index (κ2) is 5.28. The first-order valence-corrected chi connectivity index (χ1v) is 6.14. The van der Waals surface area contributed by atoms with Crippen LogP contribution in [-0.2, 0) is 0 Å². The molecule has 1 heterocycles. The summed E-state index contributed by atoms with van der Waals surface area (Å²) in [6.07, 6.45) is -6.59. The fourth-order valence-corrected chi connectivity index (χ4v) is 1.92. The maximum Gasteiger partial charge on any atom is 0.426 e. The number of para-hydroxylation sites is 1. The minimum absolute atomic E-state index is 0.0887. The van der Waals surface area contributed by atoms with Gasteiger partial charge < -0.3 is 10.5 Å². The molecule has 0 spiro atoms. The van der Waals surface area contributed by atoms with E-state index in [1.165, 1.54) is 13.0 Å². The third kappa shape index (κ3) is 3.01. The maximum atomic E-state index is 12.9. The van der Waals surface area contributed by atoms with Gasteiger partial charge in [0.15, 0.2) is 0 Å². The normalized spacial score (nSPS) is 15.1. The number of fused-ring (bicyclic) bond motifs is 1. The van der Waals surface area contributed by atoms with Crippen molar-refractivity contribution in [3.8, 4) is 5.75 Å². The number of benzene rings is 1. The van der Waals surface area contributed by atoms with Crippen LogP contribution in [0.1, 0.15) is 12.6 Å². The van der Waals surface area contributed by atoms with E-state index in [1.54, 1.807) is 31.2 Å². The number of nitrogens with zero attached hydrogens (tertiary/aromatic N) is 1. The lowest BCUT2D eigenvalue weighted by atomic mass is 10.1. The number of alkyl halides is 3. The highest BCUT2D eigenvalue weighted by Crippen LogP contribution is 2.30. The maximum absolute atomic E-state index is 12.9. The standard InChI is InChI=1S/C14H15F3N2O/c1-8-6-7-10-4-3-5-11(12(10)19-8)20-13(9(2)18)14(15,16)17/h3-7,9,13H,18H2,1-2H3. The molecule has 0 bridgehead atoms. The number of hydrogen-bond donors (Lipinski definition) is 1. The summed E-state index contributed by atoms with van der Waals surface area (Å²) < 4.78 is 43.8. The molecule has 1 aromatic heterocycles. The largest absolute Gasteiger partial charge is 0.477 e. The molecule has 20 heavy (non-hydrogen) atoms. The van der Waals surface area contributed by atoms with E-state index in [-0.39, 0.29) is 5.75 Å². The Bertz CT molecular complexity index is 611. The van der Waals surface area contributed by atoms with Crippen molar-refractivity contribution in [1.29, 1.82) is 0 Å². The van der Waals surface area contributed by atoms with Crippen LogP contribution in [0.5, 0.6) is 5.75 Å². The van der Waals surface area contributed by atoms with E-state index in [2.05, 4.69) is 4.98 Å². The first-order valence-electron chi connectivity index (χ1n) is 6.14. The summed E-state index contributed by atoms with van der Waals surface area (Å²) in [7, 11) is 0. The summed E-state index contributed by atoms with van der Waals surface area (Å²) in [5.74, 6) is 0.0887. The zero-order valence-corrected chi connectivity index (χ0v) is 11.1. The number of hydrogen-bond acceptors (Lipinski definition) is 3. The van der Waals surface area contributed by atoms with Gasteiger partial charge in [-0.3, -0.25) is 0 Å². The molecule has 2 N–H and O–H groups in total. The molecular formula is C14H15F3N2O. The summed E-state index contributed by atoms with van der Waals surface area (Å²) in [6, 6.07) is 7.27. The summed E-state index contributed by atoms with van der Waals surface area (Å²) in [5.41, 5.74) is 6.49. The number of aryl methyl sites for hydroxylation is 1. The third-order valence-corrected chi connectivity index (χ3v) is 2.88. The topological polar surface area (TPSA) is 48.1 Å². The number of ether oxygens (including phenoxy) is 1. The molecule has 0 radical (unpaired) electrons. The van der Waals surface area contributed by atoms with Crippen LogP contribution in [0.2, 0.25) is 0 Å². The van der Waals surface area contributed by atoms with Crippen LogP contribution in [0.4, 0.5) is 13.2 Å². The van der Waals surface area contributed by atoms with Gasteiger partial charge in [0.05, 0.1) is 0 Å². The number of aromatic nitrogens is 1. The minimum atomic E-state index is -4.53. The van der Waals surface area contributed by atoms with Crippen LogP contribution >= 0.6 is 0 Å². The highest BCUT2D eigenvalue weighted by Gasteiger charge is 2.44. The molecule has 2 atom stereocenters. The van der Waals surface area contributed by atoms with Crippen LogP contribution in [-0.4, -0.2) is 23.3 Å². The highest BCUT2D eigenvalue weighted by molar-refractivity contribution is 5.84. The van der Waals surface area contributed by atoms with Gasteiger partial charge in [-0.2, -0.15) is 13.2 Å². The van der Waals surface area contributed by atoms with Crippen molar-refractivity contribution in [2.45, 2.75) is 32.2 Å². The van der Waals surface area contributed by atoms with Crippen molar-refractivity contribution in [3.63, 3.8) is 0 Å². The molecule has 108 valence electrons. The average Bonchev–Trinajstić information content (AvgIpc) is 2.34. The lowest BCUT2D eigenvalue weighted by Gasteiger charge is -2.25. The second-order valence-electron chi connectivity index (χ2n) is 4.72. The van der Waals surface area contributed by atoms with Crippen molar-refractivity contribution in [3.05, 3.63) is 36.0 Å². The Morgan fingerprint density at radius 3 is 2.50 bits per heavy atom. The van der Waals surface area contributed by atoms with Crippen LogP contribution in [0.3, 0.4) is 0 Å². The molecule has 0 aliphatic rings. The van der Waals surface area contributed by atoms with Crippen molar-refractivity contribution in [2.75, 3.05) is 0 Å². The monoisotopic (exact) mass is 284 g/mol. The predicted molar refractivity (Wildman–Crippen MR) is 70.6 cm³/mol. The number of pyridine rings is 1. The van der Waals surface area contributed by atoms with Gasteiger partial charge in [0, 0.05) is 17.1 Å². The van der Waals surface area contributed by atoms with Gasteiger partial charge in [0.1, 0.15) is 11.3 Å². The van der Waals surface area contributed by atoms with Crippen molar-refractivity contribution >= 4 is 10.9 Å². The molecule has 2 unspecified atom stereocenters. The number of halogens is 3. The molecule has 3 nitrogen and oxygen atoms in total. The Hall–Kier alpha value is -1.82. The minimum Gasteiger partial charge on any atom is -0.477 e. The van der Waals surface area contributed by atoms with Crippen LogP contribution < -0.4 is 10.5 Å². The lowest BCUT2D eigenvalue weighted by molar-refractivity contribution is -0.199. The molecule has 0 fully saturated rings. The summed E-state index contributed by atoms with van der Waals surface area (Å²) in [6.45, 7) is 3.03. The number of rotatable bonds is 3. The van der Waals surface area contributed by atoms with E-state index in [0.717, 1.165) is 5.39 Å². The van der Waals surface area contributed by atoms with Crippen molar-refractivity contribution in [1.82, 2.24) is 4.98 Å². The van der Waals surface area contributed by atoms with Crippen molar-refractivity contribution < 1.29 is 17.9 Å². The van der Waals surface area contributed by atoms with E-state index in [4.69, 9.17) is 10.5 Å². The molecule has 0 saturated carbocycles. The first kappa shape index (κ1) is 14.6. The molecule has 2 rings (SSSR count). The van der Waals surface area contributed by atoms with Crippen molar-refractivity contribution in [2.24, 2.45) is 5.73 Å². The molecule has 0 aliphatic carbocycles. The Kier molecular flexibility index (Phi) is 3.85. The molecule has 6 heteroatoms. The Balaban J connectivity index is 2.45. The van der Waals surface area contributed by atoms with E-state index >= 15 is 0 Å². The van der Waals surface area contributed by atoms with E-state index in [9.17, 15) is 13.2 Å². The van der Waals surface area contributed by atoms with E-state index in [0.29, 0.717) is 11.2 Å². The van der Waals surface area contributed by atoms with E-state index < -0.39 is 18.3 Å². The fourth-order valence-electron chi connectivity index (χ4n) is 1.92. The molecule has 0 saturated heterocycles. The summed E-state index contributed by atoms with van der Waals surface area (Å²) in [5, 5.41) is 0.721. The average molecular weight is 284 g/mol. The Morgan fingerprint density at radius 2 is 1.90 bits per heavy atom. The molecule has 0 amide bonds. The van der Waals surface area contributed by atoms with Gasteiger partial charge in [-0.05, 0) is 26.0 Å². The molecule has 0 aliphatic heterocycles. The zero-order valence-electron chi connectivity index (χ0n) is 11.1. The predicted octanol–water partition coefficient (Wildman–Crippen LogP) is 3.20. The smallest absolute Gasteiger partial charge is 0.426 e. The van der Waals surface area contributed by atoms with Gasteiger partial charge in [-0.15, -0.1) is 0 Å². The van der Waals surface area contributed by atoms with Gasteiger partial charge in [0.2, 0.25) is 6.10 Å². The quantitative estimate of drug-likeness (QED) is 0.941. The van der Waals surface area contributed by atoms with Crippen LogP contribution in [0.15, 0.2) is 30.3 Å². The second-order valence-corrected chi connectivity index (χ2v) is 4.72.